The zero-order valence-corrected chi connectivity index (χ0v) is 11.0. The average Bonchev–Trinajstić information content (AvgIpc) is 2.94. The topological polar surface area (TPSA) is 61.2 Å². The van der Waals surface area contributed by atoms with E-state index in [0.717, 1.165) is 25.2 Å². The molecule has 5 nitrogen and oxygen atoms in total. The molecule has 18 heavy (non-hydrogen) atoms. The van der Waals surface area contributed by atoms with Gasteiger partial charge in [-0.15, -0.1) is 11.3 Å². The quantitative estimate of drug-likeness (QED) is 0.732. The van der Waals surface area contributed by atoms with Crippen molar-refractivity contribution in [2.24, 2.45) is 0 Å². The number of aromatic nitrogens is 2. The molecular formula is C12H12N2O3S. The third kappa shape index (κ3) is 1.42. The van der Waals surface area contributed by atoms with Crippen molar-refractivity contribution >= 4 is 27.5 Å². The molecule has 0 N–H and O–H groups in total. The van der Waals surface area contributed by atoms with E-state index in [1.807, 2.05) is 0 Å². The molecule has 3 rings (SSSR count). The fraction of sp³-hybridized carbons (Fsp3) is 0.417. The standard InChI is InChI=1S/C12H12N2O3S/c1-6-8-10(18-9(6)12(16)17-2)13-7-4-3-5-14(7)11(8)15/h3-5H2,1-2H3. The summed E-state index contributed by atoms with van der Waals surface area (Å²) < 4.78 is 6.43. The molecule has 2 aromatic heterocycles. The van der Waals surface area contributed by atoms with Gasteiger partial charge in [0.05, 0.1) is 12.5 Å². The molecule has 0 atom stereocenters. The number of hydrogen-bond donors (Lipinski definition) is 0. The van der Waals surface area contributed by atoms with Crippen LogP contribution in [0.5, 0.6) is 0 Å². The molecule has 0 unspecified atom stereocenters. The smallest absolute Gasteiger partial charge is 0.348 e. The maximum Gasteiger partial charge on any atom is 0.348 e. The highest BCUT2D eigenvalue weighted by molar-refractivity contribution is 7.20. The van der Waals surface area contributed by atoms with Gasteiger partial charge in [-0.3, -0.25) is 9.36 Å². The molecular weight excluding hydrogens is 252 g/mol. The highest BCUT2D eigenvalue weighted by Crippen LogP contribution is 2.28. The van der Waals surface area contributed by atoms with Gasteiger partial charge in [0, 0.05) is 13.0 Å². The molecule has 0 saturated carbocycles. The van der Waals surface area contributed by atoms with Gasteiger partial charge in [-0.1, -0.05) is 0 Å². The van der Waals surface area contributed by atoms with E-state index in [1.165, 1.54) is 18.4 Å². The molecule has 0 saturated heterocycles. The van der Waals surface area contributed by atoms with Crippen LogP contribution in [0.4, 0.5) is 0 Å². The monoisotopic (exact) mass is 264 g/mol. The average molecular weight is 264 g/mol. The van der Waals surface area contributed by atoms with E-state index in [-0.39, 0.29) is 5.56 Å². The summed E-state index contributed by atoms with van der Waals surface area (Å²) in [5.74, 6) is 0.422. The number of aryl methyl sites for hydroxylation is 2. The Balaban J connectivity index is 2.36. The Morgan fingerprint density at radius 3 is 3.00 bits per heavy atom. The van der Waals surface area contributed by atoms with Crippen LogP contribution in [0.3, 0.4) is 0 Å². The predicted octanol–water partition coefficient (Wildman–Crippen LogP) is 1.50. The van der Waals surface area contributed by atoms with E-state index >= 15 is 0 Å². The molecule has 1 aliphatic rings. The zero-order valence-electron chi connectivity index (χ0n) is 10.1. The minimum absolute atomic E-state index is 0.0311. The van der Waals surface area contributed by atoms with Gasteiger partial charge in [0.1, 0.15) is 15.5 Å². The number of hydrogen-bond acceptors (Lipinski definition) is 5. The van der Waals surface area contributed by atoms with Crippen molar-refractivity contribution in [1.82, 2.24) is 9.55 Å². The van der Waals surface area contributed by atoms with Crippen molar-refractivity contribution < 1.29 is 9.53 Å². The molecule has 1 aliphatic heterocycles. The van der Waals surface area contributed by atoms with E-state index in [9.17, 15) is 9.59 Å². The van der Waals surface area contributed by atoms with Crippen molar-refractivity contribution in [3.05, 3.63) is 26.6 Å². The van der Waals surface area contributed by atoms with Crippen LogP contribution in [-0.2, 0) is 17.7 Å². The number of carbonyl (C=O) groups excluding carboxylic acids is 1. The molecule has 0 fully saturated rings. The van der Waals surface area contributed by atoms with Gasteiger partial charge in [0.15, 0.2) is 0 Å². The number of esters is 1. The first-order valence-corrected chi connectivity index (χ1v) is 6.56. The summed E-state index contributed by atoms with van der Waals surface area (Å²) in [7, 11) is 1.34. The highest BCUT2D eigenvalue weighted by Gasteiger charge is 2.23. The predicted molar refractivity (Wildman–Crippen MR) is 68.3 cm³/mol. The van der Waals surface area contributed by atoms with Crippen molar-refractivity contribution in [2.75, 3.05) is 7.11 Å². The van der Waals surface area contributed by atoms with Crippen molar-refractivity contribution in [3.8, 4) is 0 Å². The van der Waals surface area contributed by atoms with E-state index in [0.29, 0.717) is 20.7 Å². The molecule has 0 aliphatic carbocycles. The molecule has 2 aromatic rings. The Bertz CT molecular complexity index is 714. The van der Waals surface area contributed by atoms with E-state index in [1.54, 1.807) is 11.5 Å². The molecule has 0 amide bonds. The van der Waals surface area contributed by atoms with Crippen LogP contribution in [0.1, 0.15) is 27.5 Å². The Morgan fingerprint density at radius 2 is 2.28 bits per heavy atom. The van der Waals surface area contributed by atoms with Crippen LogP contribution >= 0.6 is 11.3 Å². The normalized spacial score (nSPS) is 13.9. The number of ether oxygens (including phenoxy) is 1. The van der Waals surface area contributed by atoms with E-state index in [2.05, 4.69) is 4.98 Å². The Hall–Kier alpha value is -1.69. The summed E-state index contributed by atoms with van der Waals surface area (Å²) >= 11 is 1.24. The SMILES string of the molecule is COC(=O)c1sc2nc3n(c(=O)c2c1C)CCC3. The molecule has 0 radical (unpaired) electrons. The number of thiophene rings is 1. The third-order valence-electron chi connectivity index (χ3n) is 3.28. The summed E-state index contributed by atoms with van der Waals surface area (Å²) in [5, 5.41) is 0.561. The molecule has 94 valence electrons. The third-order valence-corrected chi connectivity index (χ3v) is 4.45. The van der Waals surface area contributed by atoms with Crippen molar-refractivity contribution in [2.45, 2.75) is 26.3 Å². The first-order chi connectivity index (χ1) is 8.63. The van der Waals surface area contributed by atoms with Crippen LogP contribution < -0.4 is 5.56 Å². The zero-order chi connectivity index (χ0) is 12.9. The Morgan fingerprint density at radius 1 is 1.50 bits per heavy atom. The lowest BCUT2D eigenvalue weighted by molar-refractivity contribution is 0.0605. The van der Waals surface area contributed by atoms with Gasteiger partial charge in [-0.05, 0) is 18.9 Å². The minimum Gasteiger partial charge on any atom is -0.465 e. The first kappa shape index (κ1) is 11.4. The van der Waals surface area contributed by atoms with E-state index in [4.69, 9.17) is 4.74 Å². The van der Waals surface area contributed by atoms with Gasteiger partial charge in [0.25, 0.3) is 5.56 Å². The number of carbonyl (C=O) groups is 1. The molecule has 3 heterocycles. The lowest BCUT2D eigenvalue weighted by atomic mass is 10.2. The van der Waals surface area contributed by atoms with Crippen LogP contribution in [0.25, 0.3) is 10.2 Å². The molecule has 6 heteroatoms. The number of methoxy groups -OCH3 is 1. The van der Waals surface area contributed by atoms with Crippen molar-refractivity contribution in [1.29, 1.82) is 0 Å². The fourth-order valence-electron chi connectivity index (χ4n) is 2.36. The van der Waals surface area contributed by atoms with Gasteiger partial charge >= 0.3 is 5.97 Å². The Kier molecular flexibility index (Phi) is 2.48. The number of nitrogens with zero attached hydrogens (tertiary/aromatic N) is 2. The number of fused-ring (bicyclic) bond motifs is 2. The van der Waals surface area contributed by atoms with Crippen molar-refractivity contribution in [3.63, 3.8) is 0 Å². The molecule has 0 aromatic carbocycles. The van der Waals surface area contributed by atoms with Crippen LogP contribution in [0, 0.1) is 6.92 Å². The fourth-order valence-corrected chi connectivity index (χ4v) is 3.47. The molecule has 0 spiro atoms. The van der Waals surface area contributed by atoms with Crippen LogP contribution in [0.15, 0.2) is 4.79 Å². The van der Waals surface area contributed by atoms with Gasteiger partial charge in [-0.25, -0.2) is 9.78 Å². The van der Waals surface area contributed by atoms with E-state index < -0.39 is 5.97 Å². The second kappa shape index (κ2) is 3.91. The van der Waals surface area contributed by atoms with Crippen LogP contribution in [0.2, 0.25) is 0 Å². The van der Waals surface area contributed by atoms with Crippen LogP contribution in [-0.4, -0.2) is 22.6 Å². The highest BCUT2D eigenvalue weighted by atomic mass is 32.1. The summed E-state index contributed by atoms with van der Waals surface area (Å²) in [5.41, 5.74) is 0.651. The maximum atomic E-state index is 12.3. The lowest BCUT2D eigenvalue weighted by Crippen LogP contribution is -2.20. The summed E-state index contributed by atoms with van der Waals surface area (Å²) in [6.45, 7) is 2.50. The second-order valence-corrected chi connectivity index (χ2v) is 5.32. The summed E-state index contributed by atoms with van der Waals surface area (Å²) in [6, 6.07) is 0. The number of rotatable bonds is 1. The largest absolute Gasteiger partial charge is 0.465 e. The second-order valence-electron chi connectivity index (χ2n) is 4.32. The van der Waals surface area contributed by atoms with Gasteiger partial charge in [-0.2, -0.15) is 0 Å². The molecule has 0 bridgehead atoms. The Labute approximate surface area is 107 Å². The minimum atomic E-state index is -0.403. The maximum absolute atomic E-state index is 12.3. The first-order valence-electron chi connectivity index (χ1n) is 5.74. The van der Waals surface area contributed by atoms with Gasteiger partial charge < -0.3 is 4.74 Å². The summed E-state index contributed by atoms with van der Waals surface area (Å²) in [6.07, 6.45) is 1.79. The lowest BCUT2D eigenvalue weighted by Gasteiger charge is -2.01. The van der Waals surface area contributed by atoms with Gasteiger partial charge in [0.2, 0.25) is 0 Å². The summed E-state index contributed by atoms with van der Waals surface area (Å²) in [4.78, 5) is 29.6.